The largest absolute Gasteiger partial charge is 0.493 e. The molecule has 1 aliphatic rings. The summed E-state index contributed by atoms with van der Waals surface area (Å²) in [5.74, 6) is 0.463. The summed E-state index contributed by atoms with van der Waals surface area (Å²) < 4.78 is 17.0. The fourth-order valence-corrected chi connectivity index (χ4v) is 3.15. The Morgan fingerprint density at radius 2 is 1.73 bits per heavy atom. The zero-order valence-corrected chi connectivity index (χ0v) is 17.4. The van der Waals surface area contributed by atoms with Crippen molar-refractivity contribution in [3.8, 4) is 17.2 Å². The number of hydrogen-bond donors (Lipinski definition) is 2. The molecule has 2 aromatic carbocycles. The highest BCUT2D eigenvalue weighted by molar-refractivity contribution is 6.39. The number of ether oxygens (including phenoxy) is 3. The minimum atomic E-state index is -0.734. The number of anilines is 1. The molecule has 1 heterocycles. The van der Waals surface area contributed by atoms with E-state index in [9.17, 15) is 9.59 Å². The van der Waals surface area contributed by atoms with Gasteiger partial charge < -0.3 is 24.8 Å². The number of hydrogen-bond acceptors (Lipinski definition) is 5. The summed E-state index contributed by atoms with van der Waals surface area (Å²) in [4.78, 5) is 24.9. The van der Waals surface area contributed by atoms with Crippen molar-refractivity contribution >= 4 is 17.5 Å². The third-order valence-corrected chi connectivity index (χ3v) is 4.60. The first-order chi connectivity index (χ1) is 14.6. The molecule has 0 spiro atoms. The van der Waals surface area contributed by atoms with Gasteiger partial charge in [0.2, 0.25) is 0 Å². The molecular weight excluding hydrogens is 384 g/mol. The lowest BCUT2D eigenvalue weighted by Gasteiger charge is -2.26. The Balaban J connectivity index is 1.65. The maximum atomic E-state index is 12.5. The van der Waals surface area contributed by atoms with Gasteiger partial charge in [-0.25, -0.2) is 0 Å². The summed E-state index contributed by atoms with van der Waals surface area (Å²) in [5.41, 5.74) is 1.34. The van der Waals surface area contributed by atoms with E-state index < -0.39 is 11.8 Å². The molecule has 0 fully saturated rings. The smallest absolute Gasteiger partial charge is 0.313 e. The molecule has 0 radical (unpaired) electrons. The zero-order chi connectivity index (χ0) is 21.3. The molecule has 0 aromatic heterocycles. The van der Waals surface area contributed by atoms with Crippen LogP contribution in [0.15, 0.2) is 42.5 Å². The standard InChI is InChI=1S/C23H28N2O5/c1-3-12-28-20-10-9-16(15-21(20)29-13-4-2)24-22(26)23(27)25-18-11-14-30-19-8-6-5-7-17(18)19/h5-10,15,18H,3-4,11-14H2,1-2H3,(H,24,26)(H,25,27)/t18-/m0/s1. The molecule has 0 aliphatic carbocycles. The number of nitrogens with one attached hydrogen (secondary N) is 2. The highest BCUT2D eigenvalue weighted by Crippen LogP contribution is 2.32. The normalized spacial score (nSPS) is 14.8. The maximum Gasteiger partial charge on any atom is 0.313 e. The molecule has 0 saturated heterocycles. The Labute approximate surface area is 176 Å². The first kappa shape index (κ1) is 21.5. The lowest BCUT2D eigenvalue weighted by atomic mass is 10.0. The molecule has 2 aromatic rings. The van der Waals surface area contributed by atoms with E-state index in [2.05, 4.69) is 10.6 Å². The van der Waals surface area contributed by atoms with Gasteiger partial charge in [0, 0.05) is 23.7 Å². The third-order valence-electron chi connectivity index (χ3n) is 4.60. The lowest BCUT2D eigenvalue weighted by molar-refractivity contribution is -0.136. The lowest BCUT2D eigenvalue weighted by Crippen LogP contribution is -2.39. The summed E-state index contributed by atoms with van der Waals surface area (Å²) >= 11 is 0. The first-order valence-corrected chi connectivity index (χ1v) is 10.4. The minimum absolute atomic E-state index is 0.263. The van der Waals surface area contributed by atoms with E-state index in [0.29, 0.717) is 43.4 Å². The Kier molecular flexibility index (Phi) is 7.54. The van der Waals surface area contributed by atoms with E-state index in [1.807, 2.05) is 38.1 Å². The number of amides is 2. The van der Waals surface area contributed by atoms with Crippen LogP contribution in [-0.4, -0.2) is 31.6 Å². The Morgan fingerprint density at radius 3 is 2.50 bits per heavy atom. The molecular formula is C23H28N2O5. The molecule has 0 saturated carbocycles. The second-order valence-electron chi connectivity index (χ2n) is 7.01. The molecule has 1 aliphatic heterocycles. The van der Waals surface area contributed by atoms with Crippen molar-refractivity contribution in [1.29, 1.82) is 0 Å². The van der Waals surface area contributed by atoms with Gasteiger partial charge in [-0.3, -0.25) is 9.59 Å². The van der Waals surface area contributed by atoms with Gasteiger partial charge in [0.05, 0.1) is 25.9 Å². The second-order valence-corrected chi connectivity index (χ2v) is 7.01. The molecule has 0 bridgehead atoms. The van der Waals surface area contributed by atoms with Crippen molar-refractivity contribution in [3.05, 3.63) is 48.0 Å². The molecule has 2 amide bonds. The molecule has 2 N–H and O–H groups in total. The summed E-state index contributed by atoms with van der Waals surface area (Å²) in [5, 5.41) is 5.43. The highest BCUT2D eigenvalue weighted by atomic mass is 16.5. The van der Waals surface area contributed by atoms with Crippen LogP contribution in [0.4, 0.5) is 5.69 Å². The van der Waals surface area contributed by atoms with E-state index >= 15 is 0 Å². The molecule has 7 nitrogen and oxygen atoms in total. The Hall–Kier alpha value is -3.22. The molecule has 0 unspecified atom stereocenters. The van der Waals surface area contributed by atoms with Gasteiger partial charge in [-0.05, 0) is 31.0 Å². The SMILES string of the molecule is CCCOc1ccc(NC(=O)C(=O)N[C@H]2CCOc3ccccc32)cc1OCCC. The number of carbonyl (C=O) groups excluding carboxylic acids is 2. The zero-order valence-electron chi connectivity index (χ0n) is 17.4. The molecule has 7 heteroatoms. The van der Waals surface area contributed by atoms with Gasteiger partial charge in [-0.2, -0.15) is 0 Å². The predicted molar refractivity (Wildman–Crippen MR) is 114 cm³/mol. The quantitative estimate of drug-likeness (QED) is 0.644. The Bertz CT molecular complexity index is 884. The van der Waals surface area contributed by atoms with E-state index in [1.54, 1.807) is 18.2 Å². The fraction of sp³-hybridized carbons (Fsp3) is 0.391. The van der Waals surface area contributed by atoms with Crippen molar-refractivity contribution in [2.24, 2.45) is 0 Å². The number of rotatable bonds is 8. The van der Waals surface area contributed by atoms with Gasteiger partial charge in [-0.1, -0.05) is 32.0 Å². The number of carbonyl (C=O) groups is 2. The van der Waals surface area contributed by atoms with Gasteiger partial charge in [0.1, 0.15) is 5.75 Å². The summed E-state index contributed by atoms with van der Waals surface area (Å²) in [7, 11) is 0. The summed E-state index contributed by atoms with van der Waals surface area (Å²) in [6.45, 7) is 5.63. The van der Waals surface area contributed by atoms with Crippen LogP contribution in [0.2, 0.25) is 0 Å². The highest BCUT2D eigenvalue weighted by Gasteiger charge is 2.25. The Morgan fingerprint density at radius 1 is 1.00 bits per heavy atom. The topological polar surface area (TPSA) is 85.9 Å². The van der Waals surface area contributed by atoms with E-state index in [-0.39, 0.29) is 6.04 Å². The first-order valence-electron chi connectivity index (χ1n) is 10.4. The minimum Gasteiger partial charge on any atom is -0.493 e. The van der Waals surface area contributed by atoms with Crippen molar-refractivity contribution in [2.75, 3.05) is 25.1 Å². The fourth-order valence-electron chi connectivity index (χ4n) is 3.15. The van der Waals surface area contributed by atoms with Crippen LogP contribution < -0.4 is 24.8 Å². The summed E-state index contributed by atoms with van der Waals surface area (Å²) in [6, 6.07) is 12.4. The third kappa shape index (κ3) is 5.43. The molecule has 3 rings (SSSR count). The maximum absolute atomic E-state index is 12.5. The van der Waals surface area contributed by atoms with Crippen LogP contribution in [0.25, 0.3) is 0 Å². The average Bonchev–Trinajstić information content (AvgIpc) is 2.77. The van der Waals surface area contributed by atoms with Crippen LogP contribution in [0.3, 0.4) is 0 Å². The second kappa shape index (κ2) is 10.5. The van der Waals surface area contributed by atoms with Gasteiger partial charge >= 0.3 is 11.8 Å². The number of benzene rings is 2. The van der Waals surface area contributed by atoms with Gasteiger partial charge in [-0.15, -0.1) is 0 Å². The van der Waals surface area contributed by atoms with Crippen LogP contribution >= 0.6 is 0 Å². The molecule has 30 heavy (non-hydrogen) atoms. The van der Waals surface area contributed by atoms with Crippen molar-refractivity contribution in [3.63, 3.8) is 0 Å². The van der Waals surface area contributed by atoms with Crippen LogP contribution in [0.5, 0.6) is 17.2 Å². The average molecular weight is 412 g/mol. The van der Waals surface area contributed by atoms with Crippen molar-refractivity contribution < 1.29 is 23.8 Å². The summed E-state index contributed by atoms with van der Waals surface area (Å²) in [6.07, 6.45) is 2.33. The predicted octanol–water partition coefficient (Wildman–Crippen LogP) is 3.84. The van der Waals surface area contributed by atoms with Gasteiger partial charge in [0.15, 0.2) is 11.5 Å². The van der Waals surface area contributed by atoms with E-state index in [0.717, 1.165) is 24.2 Å². The van der Waals surface area contributed by atoms with Crippen molar-refractivity contribution in [1.82, 2.24) is 5.32 Å². The molecule has 160 valence electrons. The van der Waals surface area contributed by atoms with Gasteiger partial charge in [0.25, 0.3) is 0 Å². The number of para-hydroxylation sites is 1. The van der Waals surface area contributed by atoms with E-state index in [1.165, 1.54) is 0 Å². The molecule has 1 atom stereocenters. The van der Waals surface area contributed by atoms with E-state index in [4.69, 9.17) is 14.2 Å². The van der Waals surface area contributed by atoms with Crippen molar-refractivity contribution in [2.45, 2.75) is 39.2 Å². The van der Waals surface area contributed by atoms with Crippen LogP contribution in [-0.2, 0) is 9.59 Å². The monoisotopic (exact) mass is 412 g/mol. The van der Waals surface area contributed by atoms with Crippen LogP contribution in [0, 0.1) is 0 Å². The number of fused-ring (bicyclic) bond motifs is 1. The van der Waals surface area contributed by atoms with Crippen LogP contribution in [0.1, 0.15) is 44.7 Å².